The van der Waals surface area contributed by atoms with Crippen LogP contribution in [0, 0.1) is 21.4 Å². The highest BCUT2D eigenvalue weighted by atomic mass is 35.5. The number of nitrogens with one attached hydrogen (secondary N) is 1. The second-order valence-electron chi connectivity index (χ2n) is 8.54. The first-order chi connectivity index (χ1) is 16.4. The number of aromatic nitrogens is 2. The molecule has 0 saturated carbocycles. The zero-order valence-corrected chi connectivity index (χ0v) is 19.5. The summed E-state index contributed by atoms with van der Waals surface area (Å²) in [5, 5.41) is 24.7. The number of carbonyl (C=O) groups excluding carboxylic acids is 1. The van der Waals surface area contributed by atoms with Gasteiger partial charge in [0, 0.05) is 26.1 Å². The number of anilines is 1. The van der Waals surface area contributed by atoms with Crippen molar-refractivity contribution in [3.63, 3.8) is 0 Å². The minimum atomic E-state index is -1.13. The monoisotopic (exact) mass is 484 g/mol. The summed E-state index contributed by atoms with van der Waals surface area (Å²) in [5.74, 6) is -0.388. The van der Waals surface area contributed by atoms with Crippen molar-refractivity contribution < 1.29 is 14.5 Å². The van der Waals surface area contributed by atoms with Crippen molar-refractivity contribution in [3.8, 4) is 6.07 Å². The zero-order valence-electron chi connectivity index (χ0n) is 18.8. The Balaban J connectivity index is 1.87. The normalized spacial score (nSPS) is 21.9. The van der Waals surface area contributed by atoms with Crippen molar-refractivity contribution in [3.05, 3.63) is 56.5 Å². The van der Waals surface area contributed by atoms with Crippen molar-refractivity contribution in [2.45, 2.75) is 43.6 Å². The number of methoxy groups -OCH3 is 1. The molecule has 1 N–H and O–H groups in total. The quantitative estimate of drug-likeness (QED) is 0.284. The molecule has 178 valence electrons. The highest BCUT2D eigenvalue weighted by molar-refractivity contribution is 6.28. The predicted molar refractivity (Wildman–Crippen MR) is 125 cm³/mol. The van der Waals surface area contributed by atoms with E-state index in [-0.39, 0.29) is 41.4 Å². The Morgan fingerprint density at radius 1 is 1.44 bits per heavy atom. The number of carbonyl (C=O) groups is 1. The van der Waals surface area contributed by atoms with Crippen LogP contribution in [0.5, 0.6) is 0 Å². The van der Waals surface area contributed by atoms with Gasteiger partial charge in [-0.05, 0) is 42.0 Å². The summed E-state index contributed by atoms with van der Waals surface area (Å²) in [5.41, 5.74) is 0.470. The summed E-state index contributed by atoms with van der Waals surface area (Å²) in [6.45, 7) is 1.49. The molecule has 4 rings (SSSR count). The van der Waals surface area contributed by atoms with Crippen LogP contribution in [0.1, 0.15) is 36.1 Å². The Kier molecular flexibility index (Phi) is 6.95. The van der Waals surface area contributed by atoms with Gasteiger partial charge in [-0.1, -0.05) is 24.3 Å². The molecule has 0 spiro atoms. The molecule has 1 fully saturated rings. The number of benzene rings is 1. The Hall–Kier alpha value is -3.29. The lowest BCUT2D eigenvalue weighted by atomic mass is 9.67. The van der Waals surface area contributed by atoms with Gasteiger partial charge in [-0.2, -0.15) is 10.2 Å². The maximum Gasteiger partial charge on any atom is 0.333 e. The van der Waals surface area contributed by atoms with Crippen molar-refractivity contribution in [2.75, 3.05) is 31.6 Å². The van der Waals surface area contributed by atoms with E-state index >= 15 is 0 Å². The third-order valence-corrected chi connectivity index (χ3v) is 6.84. The first-order valence-electron chi connectivity index (χ1n) is 11.1. The Morgan fingerprint density at radius 3 is 2.97 bits per heavy atom. The van der Waals surface area contributed by atoms with Gasteiger partial charge in [0.05, 0.1) is 36.0 Å². The Morgan fingerprint density at radius 2 is 2.24 bits per heavy atom. The summed E-state index contributed by atoms with van der Waals surface area (Å²) in [4.78, 5) is 35.3. The van der Waals surface area contributed by atoms with E-state index in [1.807, 2.05) is 24.3 Å². The minimum absolute atomic E-state index is 0.0444. The van der Waals surface area contributed by atoms with Gasteiger partial charge < -0.3 is 15.0 Å². The van der Waals surface area contributed by atoms with E-state index in [4.69, 9.17) is 16.3 Å². The van der Waals surface area contributed by atoms with Gasteiger partial charge in [0.2, 0.25) is 11.1 Å². The highest BCUT2D eigenvalue weighted by Gasteiger charge is 2.47. The van der Waals surface area contributed by atoms with Crippen LogP contribution in [0.3, 0.4) is 0 Å². The highest BCUT2D eigenvalue weighted by Crippen LogP contribution is 2.43. The van der Waals surface area contributed by atoms with Crippen LogP contribution in [0.4, 0.5) is 11.5 Å². The fourth-order valence-electron chi connectivity index (χ4n) is 5.17. The molecule has 2 aliphatic rings. The van der Waals surface area contributed by atoms with Crippen molar-refractivity contribution >= 4 is 29.1 Å². The number of ether oxygens (including phenoxy) is 1. The van der Waals surface area contributed by atoms with E-state index in [1.54, 1.807) is 4.90 Å². The van der Waals surface area contributed by atoms with Crippen LogP contribution in [0.15, 0.2) is 24.3 Å². The number of fused-ring (bicyclic) bond motifs is 1. The van der Waals surface area contributed by atoms with Crippen LogP contribution < -0.4 is 10.2 Å². The van der Waals surface area contributed by atoms with Crippen LogP contribution >= 0.6 is 11.6 Å². The summed E-state index contributed by atoms with van der Waals surface area (Å²) in [7, 11) is 1.32. The SMILES string of the molecule is COC(=O)C1(Cc2nc(Cl)nc(N3CCNC[C@@H]3CC#N)c2[N+](=O)[O-])CCCc2ccccc21. The van der Waals surface area contributed by atoms with E-state index < -0.39 is 16.3 Å². The third kappa shape index (κ3) is 4.29. The average molecular weight is 485 g/mol. The van der Waals surface area contributed by atoms with Crippen LogP contribution in [0.2, 0.25) is 5.28 Å². The van der Waals surface area contributed by atoms with Crippen LogP contribution in [-0.4, -0.2) is 53.6 Å². The number of hydrogen-bond acceptors (Lipinski definition) is 9. The van der Waals surface area contributed by atoms with E-state index in [9.17, 15) is 20.2 Å². The first-order valence-corrected chi connectivity index (χ1v) is 11.5. The third-order valence-electron chi connectivity index (χ3n) is 6.67. The standard InChI is InChI=1S/C23H25ClN6O4/c1-34-21(31)23(9-4-6-15-5-2-3-7-17(15)23)13-18-19(30(32)33)20(28-22(24)27-18)29-12-11-26-14-16(29)8-10-25/h2-3,5,7,16,26H,4,6,8-9,11-14H2,1H3/t16-,23?/m0/s1. The molecule has 1 saturated heterocycles. The number of nitrogens with zero attached hydrogens (tertiary/aromatic N) is 5. The Labute approximate surface area is 202 Å². The van der Waals surface area contributed by atoms with Crippen molar-refractivity contribution in [2.24, 2.45) is 0 Å². The molecular weight excluding hydrogens is 460 g/mol. The first kappa shape index (κ1) is 23.9. The van der Waals surface area contributed by atoms with E-state index in [0.29, 0.717) is 26.1 Å². The smallest absolute Gasteiger partial charge is 0.333 e. The van der Waals surface area contributed by atoms with Crippen molar-refractivity contribution in [1.82, 2.24) is 15.3 Å². The second kappa shape index (κ2) is 9.91. The number of nitro groups is 1. The largest absolute Gasteiger partial charge is 0.468 e. The fraction of sp³-hybridized carbons (Fsp3) is 0.478. The number of aryl methyl sites for hydroxylation is 1. The molecule has 34 heavy (non-hydrogen) atoms. The number of rotatable bonds is 6. The molecule has 2 aromatic rings. The molecule has 2 atom stereocenters. The summed E-state index contributed by atoms with van der Waals surface area (Å²) >= 11 is 6.28. The topological polar surface area (TPSA) is 134 Å². The van der Waals surface area contributed by atoms with Gasteiger partial charge in [-0.15, -0.1) is 0 Å². The molecule has 10 nitrogen and oxygen atoms in total. The molecule has 1 unspecified atom stereocenters. The molecule has 0 radical (unpaired) electrons. The van der Waals surface area contributed by atoms with Gasteiger partial charge in [-0.25, -0.2) is 4.98 Å². The van der Waals surface area contributed by atoms with Crippen molar-refractivity contribution in [1.29, 1.82) is 5.26 Å². The van der Waals surface area contributed by atoms with E-state index in [0.717, 1.165) is 24.0 Å². The number of piperazine rings is 1. The van der Waals surface area contributed by atoms with Gasteiger partial charge in [0.25, 0.3) is 0 Å². The summed E-state index contributed by atoms with van der Waals surface area (Å²) in [6, 6.07) is 9.43. The molecule has 0 bridgehead atoms. The van der Waals surface area contributed by atoms with Crippen LogP contribution in [0.25, 0.3) is 0 Å². The molecule has 2 heterocycles. The average Bonchev–Trinajstić information content (AvgIpc) is 2.83. The van der Waals surface area contributed by atoms with E-state index in [1.165, 1.54) is 7.11 Å². The van der Waals surface area contributed by atoms with Gasteiger partial charge in [0.1, 0.15) is 5.69 Å². The number of hydrogen-bond donors (Lipinski definition) is 1. The van der Waals surface area contributed by atoms with E-state index in [2.05, 4.69) is 21.4 Å². The lowest BCUT2D eigenvalue weighted by molar-refractivity contribution is -0.385. The molecule has 0 amide bonds. The molecule has 1 aromatic carbocycles. The maximum absolute atomic E-state index is 13.2. The second-order valence-corrected chi connectivity index (χ2v) is 8.88. The molecule has 1 aromatic heterocycles. The van der Waals surface area contributed by atoms with Gasteiger partial charge >= 0.3 is 11.7 Å². The summed E-state index contributed by atoms with van der Waals surface area (Å²) in [6.07, 6.45) is 2.13. The Bertz CT molecular complexity index is 1150. The number of halogens is 1. The molecule has 1 aliphatic heterocycles. The molecular formula is C23H25ClN6O4. The zero-order chi connectivity index (χ0) is 24.3. The van der Waals surface area contributed by atoms with Gasteiger partial charge in [-0.3, -0.25) is 14.9 Å². The fourth-order valence-corrected chi connectivity index (χ4v) is 5.35. The molecule has 11 heteroatoms. The van der Waals surface area contributed by atoms with Gasteiger partial charge in [0.15, 0.2) is 0 Å². The van der Waals surface area contributed by atoms with Crippen LogP contribution in [-0.2, 0) is 27.8 Å². The number of nitriles is 1. The predicted octanol–water partition coefficient (Wildman–Crippen LogP) is 2.72. The lowest BCUT2D eigenvalue weighted by Gasteiger charge is -2.37. The lowest BCUT2D eigenvalue weighted by Crippen LogP contribution is -2.52. The summed E-state index contributed by atoms with van der Waals surface area (Å²) < 4.78 is 5.21. The number of esters is 1. The maximum atomic E-state index is 13.2. The molecule has 1 aliphatic carbocycles. The minimum Gasteiger partial charge on any atom is -0.468 e.